The molecule has 1 aromatic rings. The molecule has 1 aromatic carbocycles. The van der Waals surface area contributed by atoms with Gasteiger partial charge in [0, 0.05) is 12.2 Å². The fraction of sp³-hybridized carbons (Fsp3) is 0.562. The lowest BCUT2D eigenvalue weighted by Gasteiger charge is -2.31. The molecule has 0 spiro atoms. The third-order valence-electron chi connectivity index (χ3n) is 3.28. The van der Waals surface area contributed by atoms with Crippen molar-refractivity contribution >= 4 is 11.6 Å². The van der Waals surface area contributed by atoms with E-state index < -0.39 is 0 Å². The number of fused-ring (bicyclic) bond motifs is 1. The molecule has 2 rings (SSSR count). The summed E-state index contributed by atoms with van der Waals surface area (Å²) in [6.45, 7) is 8.93. The predicted octanol–water partition coefficient (Wildman–Crippen LogP) is 3.09. The van der Waals surface area contributed by atoms with Gasteiger partial charge in [-0.1, -0.05) is 17.7 Å². The summed E-state index contributed by atoms with van der Waals surface area (Å²) in [5, 5.41) is 0. The lowest BCUT2D eigenvalue weighted by Crippen LogP contribution is -2.39. The van der Waals surface area contributed by atoms with Gasteiger partial charge < -0.3 is 9.64 Å². The van der Waals surface area contributed by atoms with Crippen LogP contribution in [0.5, 0.6) is 0 Å². The van der Waals surface area contributed by atoms with Crippen LogP contribution in [0.1, 0.15) is 38.3 Å². The topological polar surface area (TPSA) is 29.5 Å². The van der Waals surface area contributed by atoms with Gasteiger partial charge in [0.2, 0.25) is 0 Å². The Labute approximate surface area is 115 Å². The molecular formula is C16H23NO2. The number of anilines is 1. The summed E-state index contributed by atoms with van der Waals surface area (Å²) >= 11 is 0. The molecular weight excluding hydrogens is 238 g/mol. The quantitative estimate of drug-likeness (QED) is 0.818. The molecule has 3 nitrogen and oxygen atoms in total. The van der Waals surface area contributed by atoms with Gasteiger partial charge in [0.05, 0.1) is 5.60 Å². The van der Waals surface area contributed by atoms with E-state index in [4.69, 9.17) is 4.74 Å². The largest absolute Gasteiger partial charge is 0.366 e. The molecule has 104 valence electrons. The van der Waals surface area contributed by atoms with Gasteiger partial charge in [-0.3, -0.25) is 4.79 Å². The van der Waals surface area contributed by atoms with Crippen LogP contribution in [-0.4, -0.2) is 24.7 Å². The van der Waals surface area contributed by atoms with Crippen molar-refractivity contribution in [3.63, 3.8) is 0 Å². The molecule has 0 radical (unpaired) electrons. The Hall–Kier alpha value is -1.35. The molecule has 1 aliphatic heterocycles. The molecule has 1 amide bonds. The zero-order valence-corrected chi connectivity index (χ0v) is 12.3. The lowest BCUT2D eigenvalue weighted by atomic mass is 9.99. The van der Waals surface area contributed by atoms with Crippen molar-refractivity contribution in [3.05, 3.63) is 29.3 Å². The van der Waals surface area contributed by atoms with Crippen LogP contribution in [-0.2, 0) is 16.0 Å². The van der Waals surface area contributed by atoms with E-state index in [2.05, 4.69) is 25.1 Å². The lowest BCUT2D eigenvalue weighted by molar-refractivity contribution is -0.128. The molecule has 0 saturated carbocycles. The number of aryl methyl sites for hydroxylation is 2. The number of carbonyl (C=O) groups is 1. The Morgan fingerprint density at radius 3 is 2.79 bits per heavy atom. The van der Waals surface area contributed by atoms with Crippen molar-refractivity contribution in [2.24, 2.45) is 0 Å². The van der Waals surface area contributed by atoms with Crippen LogP contribution in [0.4, 0.5) is 5.69 Å². The minimum Gasteiger partial charge on any atom is -0.366 e. The number of hydrogen-bond donors (Lipinski definition) is 0. The van der Waals surface area contributed by atoms with Crippen LogP contribution in [0.2, 0.25) is 0 Å². The zero-order chi connectivity index (χ0) is 14.0. The maximum absolute atomic E-state index is 12.3. The average molecular weight is 261 g/mol. The first-order chi connectivity index (χ1) is 8.87. The van der Waals surface area contributed by atoms with Crippen molar-refractivity contribution in [3.8, 4) is 0 Å². The number of amides is 1. The average Bonchev–Trinajstić information content (AvgIpc) is 2.34. The maximum atomic E-state index is 12.3. The van der Waals surface area contributed by atoms with E-state index in [9.17, 15) is 4.79 Å². The molecule has 0 bridgehead atoms. The smallest absolute Gasteiger partial charge is 0.253 e. The summed E-state index contributed by atoms with van der Waals surface area (Å²) < 4.78 is 5.59. The molecule has 3 heteroatoms. The van der Waals surface area contributed by atoms with Crippen molar-refractivity contribution in [1.82, 2.24) is 0 Å². The van der Waals surface area contributed by atoms with Crippen molar-refractivity contribution < 1.29 is 9.53 Å². The van der Waals surface area contributed by atoms with Gasteiger partial charge in [-0.2, -0.15) is 0 Å². The Morgan fingerprint density at radius 2 is 2.11 bits per heavy atom. The molecule has 0 aromatic heterocycles. The van der Waals surface area contributed by atoms with E-state index in [0.29, 0.717) is 0 Å². The Morgan fingerprint density at radius 1 is 1.37 bits per heavy atom. The molecule has 1 aliphatic rings. The van der Waals surface area contributed by atoms with Crippen LogP contribution >= 0.6 is 0 Å². The van der Waals surface area contributed by atoms with E-state index in [-0.39, 0.29) is 18.1 Å². The van der Waals surface area contributed by atoms with Crippen molar-refractivity contribution in [1.29, 1.82) is 0 Å². The first kappa shape index (κ1) is 14.1. The van der Waals surface area contributed by atoms with Crippen molar-refractivity contribution in [2.45, 2.75) is 46.1 Å². The minimum atomic E-state index is -0.276. The fourth-order valence-electron chi connectivity index (χ4n) is 2.34. The van der Waals surface area contributed by atoms with Gasteiger partial charge >= 0.3 is 0 Å². The second-order valence-electron chi connectivity index (χ2n) is 6.18. The number of hydrogen-bond acceptors (Lipinski definition) is 2. The first-order valence-corrected chi connectivity index (χ1v) is 6.91. The number of nitrogens with zero attached hydrogens (tertiary/aromatic N) is 1. The fourth-order valence-corrected chi connectivity index (χ4v) is 2.34. The van der Waals surface area contributed by atoms with Crippen LogP contribution in [0.25, 0.3) is 0 Å². The second kappa shape index (κ2) is 5.33. The SMILES string of the molecule is Cc1ccc2c(c1)CCCN2C(=O)COC(C)(C)C. The second-order valence-corrected chi connectivity index (χ2v) is 6.18. The Kier molecular flexibility index (Phi) is 3.95. The molecule has 0 fully saturated rings. The normalized spacial score (nSPS) is 15.3. The summed E-state index contributed by atoms with van der Waals surface area (Å²) in [5.74, 6) is 0.0553. The molecule has 1 heterocycles. The molecule has 19 heavy (non-hydrogen) atoms. The number of ether oxygens (including phenoxy) is 1. The third-order valence-corrected chi connectivity index (χ3v) is 3.28. The standard InChI is InChI=1S/C16H23NO2/c1-12-7-8-14-13(10-12)6-5-9-17(14)15(18)11-19-16(2,3)4/h7-8,10H,5-6,9,11H2,1-4H3. The van der Waals surface area contributed by atoms with Gasteiger partial charge in [0.1, 0.15) is 6.61 Å². The van der Waals surface area contributed by atoms with E-state index in [1.165, 1.54) is 11.1 Å². The van der Waals surface area contributed by atoms with Crippen LogP contribution in [0, 0.1) is 6.92 Å². The highest BCUT2D eigenvalue weighted by Gasteiger charge is 2.23. The summed E-state index contributed by atoms with van der Waals surface area (Å²) in [5.41, 5.74) is 3.30. The monoisotopic (exact) mass is 261 g/mol. The number of rotatable bonds is 2. The first-order valence-electron chi connectivity index (χ1n) is 6.91. The van der Waals surface area contributed by atoms with Gasteiger partial charge in [-0.25, -0.2) is 0 Å². The Balaban J connectivity index is 2.13. The zero-order valence-electron chi connectivity index (χ0n) is 12.3. The highest BCUT2D eigenvalue weighted by molar-refractivity contribution is 5.95. The summed E-state index contributed by atoms with van der Waals surface area (Å²) in [7, 11) is 0. The van der Waals surface area contributed by atoms with Crippen LogP contribution < -0.4 is 4.90 Å². The van der Waals surface area contributed by atoms with E-state index in [1.54, 1.807) is 0 Å². The molecule has 0 N–H and O–H groups in total. The summed E-state index contributed by atoms with van der Waals surface area (Å²) in [4.78, 5) is 14.2. The molecule has 0 atom stereocenters. The predicted molar refractivity (Wildman–Crippen MR) is 77.6 cm³/mol. The van der Waals surface area contributed by atoms with Gasteiger partial charge in [0.25, 0.3) is 5.91 Å². The van der Waals surface area contributed by atoms with Crippen LogP contribution in [0.3, 0.4) is 0 Å². The third kappa shape index (κ3) is 3.57. The highest BCUT2D eigenvalue weighted by Crippen LogP contribution is 2.28. The molecule has 0 saturated heterocycles. The van der Waals surface area contributed by atoms with Gasteiger partial charge in [-0.15, -0.1) is 0 Å². The summed E-state index contributed by atoms with van der Waals surface area (Å²) in [6.07, 6.45) is 2.08. The molecule has 0 unspecified atom stereocenters. The summed E-state index contributed by atoms with van der Waals surface area (Å²) in [6, 6.07) is 6.30. The minimum absolute atomic E-state index is 0.0553. The highest BCUT2D eigenvalue weighted by atomic mass is 16.5. The number of benzene rings is 1. The van der Waals surface area contributed by atoms with Crippen molar-refractivity contribution in [2.75, 3.05) is 18.1 Å². The van der Waals surface area contributed by atoms with Crippen LogP contribution in [0.15, 0.2) is 18.2 Å². The maximum Gasteiger partial charge on any atom is 0.253 e. The van der Waals surface area contributed by atoms with E-state index >= 15 is 0 Å². The number of carbonyl (C=O) groups excluding carboxylic acids is 1. The molecule has 0 aliphatic carbocycles. The van der Waals surface area contributed by atoms with Gasteiger partial charge in [-0.05, 0) is 52.2 Å². The van der Waals surface area contributed by atoms with E-state index in [0.717, 1.165) is 25.1 Å². The van der Waals surface area contributed by atoms with E-state index in [1.807, 2.05) is 25.7 Å². The Bertz CT molecular complexity index is 474. The van der Waals surface area contributed by atoms with Gasteiger partial charge in [0.15, 0.2) is 0 Å².